The molecule has 2 aromatic rings. The number of hydrogen-bond donors (Lipinski definition) is 1. The number of aryl methyl sites for hydroxylation is 1. The van der Waals surface area contributed by atoms with E-state index in [9.17, 15) is 4.79 Å². The summed E-state index contributed by atoms with van der Waals surface area (Å²) >= 11 is 6.09. The molecule has 1 amide bonds. The van der Waals surface area contributed by atoms with Gasteiger partial charge in [0, 0.05) is 24.5 Å². The van der Waals surface area contributed by atoms with Gasteiger partial charge < -0.3 is 15.0 Å². The number of fused-ring (bicyclic) bond motifs is 1. The Kier molecular flexibility index (Phi) is 5.23. The average molecular weight is 377 g/mol. The molecule has 0 aliphatic carbocycles. The monoisotopic (exact) mass is 376 g/mol. The quantitative estimate of drug-likeness (QED) is 0.786. The molecule has 0 saturated carbocycles. The van der Waals surface area contributed by atoms with Gasteiger partial charge in [0.2, 0.25) is 5.28 Å². The van der Waals surface area contributed by atoms with Crippen LogP contribution in [-0.2, 0) is 4.74 Å². The van der Waals surface area contributed by atoms with Crippen LogP contribution in [0, 0.1) is 6.92 Å². The lowest BCUT2D eigenvalue weighted by atomic mass is 10.0. The summed E-state index contributed by atoms with van der Waals surface area (Å²) in [6.07, 6.45) is 1.41. The molecular weight excluding hydrogens is 352 g/mol. The molecule has 1 aliphatic heterocycles. The van der Waals surface area contributed by atoms with Crippen LogP contribution in [0.2, 0.25) is 5.28 Å². The number of benzene rings is 1. The van der Waals surface area contributed by atoms with E-state index in [-0.39, 0.29) is 17.4 Å². The molecule has 1 saturated heterocycles. The highest BCUT2D eigenvalue weighted by molar-refractivity contribution is 6.28. The molecule has 1 N–H and O–H groups in total. The van der Waals surface area contributed by atoms with Crippen LogP contribution in [0.1, 0.15) is 39.2 Å². The van der Waals surface area contributed by atoms with Gasteiger partial charge in [-0.15, -0.1) is 0 Å². The van der Waals surface area contributed by atoms with Crippen molar-refractivity contribution >= 4 is 34.4 Å². The van der Waals surface area contributed by atoms with Crippen molar-refractivity contribution in [2.75, 3.05) is 18.4 Å². The summed E-state index contributed by atoms with van der Waals surface area (Å²) in [5.74, 6) is 0.746. The molecule has 0 atom stereocenters. The summed E-state index contributed by atoms with van der Waals surface area (Å²) in [7, 11) is 0. The third-order valence-corrected chi connectivity index (χ3v) is 4.48. The third-order valence-electron chi connectivity index (χ3n) is 4.31. The van der Waals surface area contributed by atoms with Gasteiger partial charge in [-0.05, 0) is 69.8 Å². The number of ether oxygens (including phenoxy) is 1. The number of anilines is 1. The van der Waals surface area contributed by atoms with Gasteiger partial charge in [0.15, 0.2) is 0 Å². The number of rotatable bonds is 2. The van der Waals surface area contributed by atoms with Crippen molar-refractivity contribution in [2.45, 2.75) is 52.2 Å². The van der Waals surface area contributed by atoms with Gasteiger partial charge in [-0.25, -0.2) is 14.8 Å². The predicted octanol–water partition coefficient (Wildman–Crippen LogP) is 4.40. The number of halogens is 1. The second-order valence-corrected chi connectivity index (χ2v) is 8.09. The second kappa shape index (κ2) is 7.27. The Labute approximate surface area is 158 Å². The maximum absolute atomic E-state index is 12.2. The number of aromatic nitrogens is 2. The van der Waals surface area contributed by atoms with Crippen LogP contribution in [-0.4, -0.2) is 45.7 Å². The highest BCUT2D eigenvalue weighted by Crippen LogP contribution is 2.26. The van der Waals surface area contributed by atoms with Gasteiger partial charge in [0.05, 0.1) is 5.52 Å². The van der Waals surface area contributed by atoms with Crippen molar-refractivity contribution in [3.63, 3.8) is 0 Å². The lowest BCUT2D eigenvalue weighted by Crippen LogP contribution is -2.44. The zero-order chi connectivity index (χ0) is 18.9. The molecule has 26 heavy (non-hydrogen) atoms. The Morgan fingerprint density at radius 3 is 2.62 bits per heavy atom. The third kappa shape index (κ3) is 4.55. The average Bonchev–Trinajstić information content (AvgIpc) is 2.53. The van der Waals surface area contributed by atoms with Crippen molar-refractivity contribution in [2.24, 2.45) is 0 Å². The first-order valence-electron chi connectivity index (χ1n) is 8.90. The molecule has 1 aromatic carbocycles. The number of carbonyl (C=O) groups is 1. The maximum atomic E-state index is 12.2. The Bertz CT molecular complexity index is 806. The summed E-state index contributed by atoms with van der Waals surface area (Å²) in [4.78, 5) is 22.6. The largest absolute Gasteiger partial charge is 0.444 e. The second-order valence-electron chi connectivity index (χ2n) is 7.75. The fraction of sp³-hybridized carbons (Fsp3) is 0.526. The number of hydrogen-bond acceptors (Lipinski definition) is 5. The van der Waals surface area contributed by atoms with Crippen LogP contribution in [0.4, 0.5) is 10.6 Å². The number of nitrogens with zero attached hydrogens (tertiary/aromatic N) is 3. The molecule has 7 heteroatoms. The lowest BCUT2D eigenvalue weighted by Gasteiger charge is -2.34. The Morgan fingerprint density at radius 1 is 1.27 bits per heavy atom. The number of piperidine rings is 1. The molecule has 2 heterocycles. The van der Waals surface area contributed by atoms with Crippen LogP contribution in [0.15, 0.2) is 18.2 Å². The van der Waals surface area contributed by atoms with Crippen LogP contribution in [0.5, 0.6) is 0 Å². The van der Waals surface area contributed by atoms with E-state index in [4.69, 9.17) is 16.3 Å². The van der Waals surface area contributed by atoms with E-state index < -0.39 is 5.60 Å². The first kappa shape index (κ1) is 18.7. The van der Waals surface area contributed by atoms with E-state index in [0.717, 1.165) is 35.1 Å². The number of amides is 1. The normalized spacial score (nSPS) is 16.0. The number of carbonyl (C=O) groups excluding carboxylic acids is 1. The van der Waals surface area contributed by atoms with Crippen LogP contribution >= 0.6 is 11.6 Å². The summed E-state index contributed by atoms with van der Waals surface area (Å²) < 4.78 is 5.44. The molecular formula is C19H25ClN4O2. The summed E-state index contributed by atoms with van der Waals surface area (Å²) in [6, 6.07) is 6.28. The summed E-state index contributed by atoms with van der Waals surface area (Å²) in [6.45, 7) is 8.97. The van der Waals surface area contributed by atoms with Gasteiger partial charge in [0.1, 0.15) is 11.4 Å². The molecule has 0 bridgehead atoms. The molecule has 1 fully saturated rings. The van der Waals surface area contributed by atoms with Gasteiger partial charge in [-0.1, -0.05) is 6.07 Å². The molecule has 140 valence electrons. The standard InChI is InChI=1S/C19H25ClN4O2/c1-12-5-6-14-15(11-12)22-17(20)23-16(14)21-13-7-9-24(10-8-13)18(25)26-19(2,3)4/h5-6,11,13H,7-10H2,1-4H3,(H,21,22,23). The van der Waals surface area contributed by atoms with E-state index in [1.165, 1.54) is 0 Å². The van der Waals surface area contributed by atoms with Crippen molar-refractivity contribution < 1.29 is 9.53 Å². The lowest BCUT2D eigenvalue weighted by molar-refractivity contribution is 0.0210. The fourth-order valence-corrected chi connectivity index (χ4v) is 3.22. The number of likely N-dealkylation sites (tertiary alicyclic amines) is 1. The Hall–Kier alpha value is -2.08. The van der Waals surface area contributed by atoms with E-state index >= 15 is 0 Å². The zero-order valence-corrected chi connectivity index (χ0v) is 16.4. The van der Waals surface area contributed by atoms with Gasteiger partial charge >= 0.3 is 6.09 Å². The van der Waals surface area contributed by atoms with Crippen molar-refractivity contribution in [3.05, 3.63) is 29.0 Å². The molecule has 0 spiro atoms. The molecule has 3 rings (SSSR count). The zero-order valence-electron chi connectivity index (χ0n) is 15.7. The first-order chi connectivity index (χ1) is 12.2. The fourth-order valence-electron chi connectivity index (χ4n) is 3.05. The van der Waals surface area contributed by atoms with Crippen molar-refractivity contribution in [3.8, 4) is 0 Å². The molecule has 1 aliphatic rings. The Balaban J connectivity index is 1.67. The smallest absolute Gasteiger partial charge is 0.410 e. The van der Waals surface area contributed by atoms with Crippen LogP contribution in [0.25, 0.3) is 10.9 Å². The molecule has 0 radical (unpaired) electrons. The van der Waals surface area contributed by atoms with Gasteiger partial charge in [0.25, 0.3) is 0 Å². The highest BCUT2D eigenvalue weighted by Gasteiger charge is 2.27. The SMILES string of the molecule is Cc1ccc2c(NC3CCN(C(=O)OC(C)(C)C)CC3)nc(Cl)nc2c1. The molecule has 6 nitrogen and oxygen atoms in total. The summed E-state index contributed by atoms with van der Waals surface area (Å²) in [5.41, 5.74) is 1.49. The van der Waals surface area contributed by atoms with E-state index in [2.05, 4.69) is 15.3 Å². The van der Waals surface area contributed by atoms with Gasteiger partial charge in [-0.2, -0.15) is 0 Å². The van der Waals surface area contributed by atoms with Crippen LogP contribution < -0.4 is 5.32 Å². The molecule has 1 aromatic heterocycles. The van der Waals surface area contributed by atoms with E-state index in [1.807, 2.05) is 45.9 Å². The predicted molar refractivity (Wildman–Crippen MR) is 104 cm³/mol. The van der Waals surface area contributed by atoms with Crippen molar-refractivity contribution in [1.29, 1.82) is 0 Å². The van der Waals surface area contributed by atoms with Crippen LogP contribution in [0.3, 0.4) is 0 Å². The molecule has 0 unspecified atom stereocenters. The topological polar surface area (TPSA) is 67.4 Å². The minimum absolute atomic E-state index is 0.226. The summed E-state index contributed by atoms with van der Waals surface area (Å²) in [5, 5.41) is 4.66. The number of nitrogens with one attached hydrogen (secondary N) is 1. The minimum atomic E-state index is -0.471. The Morgan fingerprint density at radius 2 is 1.96 bits per heavy atom. The van der Waals surface area contributed by atoms with Gasteiger partial charge in [-0.3, -0.25) is 0 Å². The maximum Gasteiger partial charge on any atom is 0.410 e. The minimum Gasteiger partial charge on any atom is -0.444 e. The first-order valence-corrected chi connectivity index (χ1v) is 9.27. The highest BCUT2D eigenvalue weighted by atomic mass is 35.5. The van der Waals surface area contributed by atoms with Crippen molar-refractivity contribution in [1.82, 2.24) is 14.9 Å². The van der Waals surface area contributed by atoms with E-state index in [0.29, 0.717) is 13.1 Å². The van der Waals surface area contributed by atoms with E-state index in [1.54, 1.807) is 4.90 Å².